The maximum atomic E-state index is 9.45. The van der Waals surface area contributed by atoms with Gasteiger partial charge in [0.2, 0.25) is 0 Å². The van der Waals surface area contributed by atoms with Gasteiger partial charge >= 0.3 is 5.97 Å². The standard InChI is InChI=1S/C3H6O3.Na/c1-2(4)3(5)6;/h2,4H,1H3,(H,5,6);/t2-;/m1./s1. The zero-order chi connectivity index (χ0) is 5.15. The average molecular weight is 113 g/mol. The van der Waals surface area contributed by atoms with E-state index in [0.717, 1.165) is 0 Å². The van der Waals surface area contributed by atoms with Crippen LogP contribution < -0.4 is 0 Å². The number of aliphatic hydroxyl groups is 1. The molecule has 0 rings (SSSR count). The number of hydrogen-bond donors (Lipinski definition) is 2. The van der Waals surface area contributed by atoms with E-state index in [0.29, 0.717) is 0 Å². The van der Waals surface area contributed by atoms with Crippen molar-refractivity contribution in [3.63, 3.8) is 0 Å². The van der Waals surface area contributed by atoms with E-state index in [4.69, 9.17) is 10.2 Å². The van der Waals surface area contributed by atoms with E-state index < -0.39 is 12.1 Å². The van der Waals surface area contributed by atoms with Gasteiger partial charge in [0.15, 0.2) is 0 Å². The SMILES string of the molecule is C[C@@H](O)C(=O)O.[Na]. The second-order valence-corrected chi connectivity index (χ2v) is 1.01. The van der Waals surface area contributed by atoms with Crippen LogP contribution in [-0.4, -0.2) is 51.8 Å². The quantitative estimate of drug-likeness (QED) is 0.432. The molecular formula is C3H6NaO3. The normalized spacial score (nSPS) is 11.7. The summed E-state index contributed by atoms with van der Waals surface area (Å²) in [4.78, 5) is 9.45. The topological polar surface area (TPSA) is 57.5 Å². The van der Waals surface area contributed by atoms with Gasteiger partial charge in [-0.3, -0.25) is 0 Å². The number of carbonyl (C=O) groups is 1. The third-order valence-corrected chi connectivity index (χ3v) is 0.357. The van der Waals surface area contributed by atoms with Crippen molar-refractivity contribution in [3.05, 3.63) is 0 Å². The Morgan fingerprint density at radius 3 is 1.86 bits per heavy atom. The van der Waals surface area contributed by atoms with Crippen LogP contribution in [0, 0.1) is 0 Å². The molecule has 0 saturated heterocycles. The van der Waals surface area contributed by atoms with Gasteiger partial charge in [-0.2, -0.15) is 0 Å². The zero-order valence-corrected chi connectivity index (χ0v) is 6.38. The molecule has 0 aliphatic carbocycles. The summed E-state index contributed by atoms with van der Waals surface area (Å²) in [6.45, 7) is 1.20. The Labute approximate surface area is 63.6 Å². The molecule has 1 atom stereocenters. The summed E-state index contributed by atoms with van der Waals surface area (Å²) in [7, 11) is 0. The van der Waals surface area contributed by atoms with Crippen molar-refractivity contribution in [1.29, 1.82) is 0 Å². The molecule has 0 aliphatic heterocycles. The first kappa shape index (κ1) is 10.4. The van der Waals surface area contributed by atoms with Crippen LogP contribution >= 0.6 is 0 Å². The van der Waals surface area contributed by atoms with E-state index in [1.54, 1.807) is 0 Å². The van der Waals surface area contributed by atoms with Gasteiger partial charge in [0.05, 0.1) is 0 Å². The first-order valence-corrected chi connectivity index (χ1v) is 1.55. The van der Waals surface area contributed by atoms with Crippen molar-refractivity contribution in [2.75, 3.05) is 0 Å². The van der Waals surface area contributed by atoms with E-state index in [1.807, 2.05) is 0 Å². The van der Waals surface area contributed by atoms with Gasteiger partial charge in [-0.15, -0.1) is 0 Å². The smallest absolute Gasteiger partial charge is 0.332 e. The molecule has 37 valence electrons. The molecule has 3 nitrogen and oxygen atoms in total. The van der Waals surface area contributed by atoms with Gasteiger partial charge in [-0.1, -0.05) is 0 Å². The maximum absolute atomic E-state index is 9.45. The Morgan fingerprint density at radius 1 is 1.71 bits per heavy atom. The van der Waals surface area contributed by atoms with Gasteiger partial charge < -0.3 is 10.2 Å². The van der Waals surface area contributed by atoms with Crippen LogP contribution in [0.15, 0.2) is 0 Å². The maximum Gasteiger partial charge on any atom is 0.332 e. The van der Waals surface area contributed by atoms with Crippen molar-refractivity contribution < 1.29 is 15.0 Å². The van der Waals surface area contributed by atoms with Gasteiger partial charge in [-0.25, -0.2) is 4.79 Å². The first-order chi connectivity index (χ1) is 2.64. The fourth-order valence-corrected chi connectivity index (χ4v) is 0. The van der Waals surface area contributed by atoms with Crippen LogP contribution in [0.4, 0.5) is 0 Å². The van der Waals surface area contributed by atoms with Crippen LogP contribution in [0.3, 0.4) is 0 Å². The number of carboxylic acids is 1. The van der Waals surface area contributed by atoms with Crippen molar-refractivity contribution in [3.8, 4) is 0 Å². The summed E-state index contributed by atoms with van der Waals surface area (Å²) in [6, 6.07) is 0. The summed E-state index contributed by atoms with van der Waals surface area (Å²) in [5.74, 6) is -1.19. The van der Waals surface area contributed by atoms with Crippen molar-refractivity contribution in [2.24, 2.45) is 0 Å². The Morgan fingerprint density at radius 2 is 1.86 bits per heavy atom. The summed E-state index contributed by atoms with van der Waals surface area (Å²) < 4.78 is 0. The molecule has 0 spiro atoms. The number of aliphatic hydroxyl groups excluding tert-OH is 1. The largest absolute Gasteiger partial charge is 0.479 e. The fourth-order valence-electron chi connectivity index (χ4n) is 0. The van der Waals surface area contributed by atoms with E-state index in [-0.39, 0.29) is 29.6 Å². The van der Waals surface area contributed by atoms with E-state index >= 15 is 0 Å². The van der Waals surface area contributed by atoms with Crippen LogP contribution in [0.5, 0.6) is 0 Å². The minimum atomic E-state index is -1.23. The van der Waals surface area contributed by atoms with Crippen LogP contribution in [0.1, 0.15) is 6.92 Å². The van der Waals surface area contributed by atoms with Crippen molar-refractivity contribution >= 4 is 35.5 Å². The first-order valence-electron chi connectivity index (χ1n) is 1.55. The second-order valence-electron chi connectivity index (χ2n) is 1.01. The molecule has 4 heteroatoms. The predicted octanol–water partition coefficient (Wildman–Crippen LogP) is -0.929. The van der Waals surface area contributed by atoms with Gasteiger partial charge in [0.25, 0.3) is 0 Å². The fraction of sp³-hybridized carbons (Fsp3) is 0.667. The molecule has 2 N–H and O–H groups in total. The molecule has 0 saturated carbocycles. The molecular weight excluding hydrogens is 107 g/mol. The third-order valence-electron chi connectivity index (χ3n) is 0.357. The molecule has 0 aromatic carbocycles. The van der Waals surface area contributed by atoms with Gasteiger partial charge in [0, 0.05) is 29.6 Å². The molecule has 0 heterocycles. The average Bonchev–Trinajstić information content (AvgIpc) is 1.36. The number of hydrogen-bond acceptors (Lipinski definition) is 2. The van der Waals surface area contributed by atoms with Crippen LogP contribution in [-0.2, 0) is 4.79 Å². The van der Waals surface area contributed by atoms with Crippen LogP contribution in [0.2, 0.25) is 0 Å². The molecule has 0 aliphatic rings. The van der Waals surface area contributed by atoms with E-state index in [2.05, 4.69) is 0 Å². The molecule has 0 unspecified atom stereocenters. The molecule has 0 bridgehead atoms. The van der Waals surface area contributed by atoms with E-state index in [9.17, 15) is 4.79 Å². The molecule has 0 aromatic rings. The van der Waals surface area contributed by atoms with E-state index in [1.165, 1.54) is 6.92 Å². The Hall–Kier alpha value is 0.430. The molecule has 0 fully saturated rings. The second kappa shape index (κ2) is 4.59. The predicted molar refractivity (Wildman–Crippen MR) is 25.1 cm³/mol. The molecule has 0 amide bonds. The zero-order valence-electron chi connectivity index (χ0n) is 4.38. The minimum Gasteiger partial charge on any atom is -0.479 e. The van der Waals surface area contributed by atoms with Crippen molar-refractivity contribution in [1.82, 2.24) is 0 Å². The molecule has 7 heavy (non-hydrogen) atoms. The van der Waals surface area contributed by atoms with Crippen LogP contribution in [0.25, 0.3) is 0 Å². The summed E-state index contributed by atoms with van der Waals surface area (Å²) in [6.07, 6.45) is -1.23. The Bertz CT molecular complexity index is 61.2. The molecule has 1 radical (unpaired) electrons. The summed E-state index contributed by atoms with van der Waals surface area (Å²) >= 11 is 0. The third kappa shape index (κ3) is 6.43. The monoisotopic (exact) mass is 113 g/mol. The minimum absolute atomic E-state index is 0. The summed E-state index contributed by atoms with van der Waals surface area (Å²) in [5, 5.41) is 15.8. The van der Waals surface area contributed by atoms with Gasteiger partial charge in [0.1, 0.15) is 6.10 Å². The van der Waals surface area contributed by atoms with Gasteiger partial charge in [-0.05, 0) is 6.92 Å². The number of carboxylic acid groups (broad SMARTS) is 1. The Kier molecular flexibility index (Phi) is 6.82. The number of aliphatic carboxylic acids is 1. The number of rotatable bonds is 1. The Balaban J connectivity index is 0. The van der Waals surface area contributed by atoms with Crippen molar-refractivity contribution in [2.45, 2.75) is 13.0 Å². The summed E-state index contributed by atoms with van der Waals surface area (Å²) in [5.41, 5.74) is 0. The molecule has 0 aromatic heterocycles.